The van der Waals surface area contributed by atoms with Crippen molar-refractivity contribution in [1.29, 1.82) is 0 Å². The summed E-state index contributed by atoms with van der Waals surface area (Å²) >= 11 is 0. The third-order valence-electron chi connectivity index (χ3n) is 2.25. The summed E-state index contributed by atoms with van der Waals surface area (Å²) in [4.78, 5) is 0. The molecule has 1 N–H and O–H groups in total. The minimum Gasteiger partial charge on any atom is -0.379 e. The molecule has 0 saturated heterocycles. The lowest BCUT2D eigenvalue weighted by atomic mass is 9.85. The highest BCUT2D eigenvalue weighted by Crippen LogP contribution is 2.21. The van der Waals surface area contributed by atoms with Crippen molar-refractivity contribution < 1.29 is 4.74 Å². The highest BCUT2D eigenvalue weighted by molar-refractivity contribution is 4.78. The molecule has 0 aliphatic rings. The first-order chi connectivity index (χ1) is 5.88. The molecule has 0 aromatic heterocycles. The van der Waals surface area contributed by atoms with Crippen molar-refractivity contribution in [3.8, 4) is 0 Å². The van der Waals surface area contributed by atoms with E-state index in [1.54, 1.807) is 0 Å². The van der Waals surface area contributed by atoms with Gasteiger partial charge in [-0.3, -0.25) is 0 Å². The van der Waals surface area contributed by atoms with Crippen LogP contribution in [0.5, 0.6) is 0 Å². The zero-order chi connectivity index (χ0) is 10.5. The average molecular weight is 187 g/mol. The van der Waals surface area contributed by atoms with Crippen molar-refractivity contribution in [2.75, 3.05) is 13.7 Å². The molecule has 0 aliphatic carbocycles. The molecule has 0 aromatic carbocycles. The molecule has 0 amide bonds. The Kier molecular flexibility index (Phi) is 5.57. The number of nitrogens with one attached hydrogen (secondary N) is 1. The normalized spacial score (nSPS) is 15.0. The SMILES string of the molecule is CNC(CCOC(C)C)C(C)(C)C. The molecule has 1 atom stereocenters. The number of hydrogen-bond acceptors (Lipinski definition) is 2. The predicted octanol–water partition coefficient (Wildman–Crippen LogP) is 2.44. The van der Waals surface area contributed by atoms with Crippen molar-refractivity contribution in [2.45, 2.75) is 53.2 Å². The Hall–Kier alpha value is -0.0800. The molecule has 0 radical (unpaired) electrons. The molecule has 13 heavy (non-hydrogen) atoms. The lowest BCUT2D eigenvalue weighted by Crippen LogP contribution is -2.39. The maximum atomic E-state index is 5.53. The largest absolute Gasteiger partial charge is 0.379 e. The quantitative estimate of drug-likeness (QED) is 0.714. The summed E-state index contributed by atoms with van der Waals surface area (Å²) in [7, 11) is 2.02. The molecule has 2 nitrogen and oxygen atoms in total. The van der Waals surface area contributed by atoms with Crippen LogP contribution in [0.1, 0.15) is 41.0 Å². The minimum atomic E-state index is 0.315. The first-order valence-electron chi connectivity index (χ1n) is 5.16. The number of rotatable bonds is 5. The molecule has 0 spiro atoms. The molecule has 0 bridgehead atoms. The van der Waals surface area contributed by atoms with Gasteiger partial charge in [0.05, 0.1) is 6.10 Å². The second-order valence-corrected chi connectivity index (χ2v) is 4.92. The lowest BCUT2D eigenvalue weighted by molar-refractivity contribution is 0.0630. The van der Waals surface area contributed by atoms with E-state index >= 15 is 0 Å². The Balaban J connectivity index is 3.73. The van der Waals surface area contributed by atoms with E-state index in [0.717, 1.165) is 13.0 Å². The molecule has 0 saturated carbocycles. The first kappa shape index (κ1) is 12.9. The number of hydrogen-bond donors (Lipinski definition) is 1. The summed E-state index contributed by atoms with van der Waals surface area (Å²) in [6.07, 6.45) is 1.43. The van der Waals surface area contributed by atoms with Gasteiger partial charge in [0.1, 0.15) is 0 Å². The van der Waals surface area contributed by atoms with E-state index in [4.69, 9.17) is 4.74 Å². The summed E-state index contributed by atoms with van der Waals surface area (Å²) in [6, 6.07) is 0.534. The van der Waals surface area contributed by atoms with E-state index in [0.29, 0.717) is 17.6 Å². The van der Waals surface area contributed by atoms with Crippen LogP contribution in [0.3, 0.4) is 0 Å². The van der Waals surface area contributed by atoms with E-state index in [-0.39, 0.29) is 0 Å². The maximum absolute atomic E-state index is 5.53. The summed E-state index contributed by atoms with van der Waals surface area (Å²) in [5.74, 6) is 0. The van der Waals surface area contributed by atoms with Gasteiger partial charge in [0, 0.05) is 12.6 Å². The first-order valence-corrected chi connectivity index (χ1v) is 5.16. The molecular weight excluding hydrogens is 162 g/mol. The van der Waals surface area contributed by atoms with Gasteiger partial charge in [0.15, 0.2) is 0 Å². The molecule has 0 heterocycles. The Morgan fingerprint density at radius 3 is 2.08 bits per heavy atom. The molecule has 2 heteroatoms. The van der Waals surface area contributed by atoms with E-state index < -0.39 is 0 Å². The molecule has 1 unspecified atom stereocenters. The molecule has 0 aliphatic heterocycles. The highest BCUT2D eigenvalue weighted by Gasteiger charge is 2.22. The minimum absolute atomic E-state index is 0.315. The average Bonchev–Trinajstić information content (AvgIpc) is 1.95. The Labute approximate surface area is 83.1 Å². The Bertz CT molecular complexity index is 127. The molecule has 0 fully saturated rings. The van der Waals surface area contributed by atoms with Gasteiger partial charge in [0.2, 0.25) is 0 Å². The van der Waals surface area contributed by atoms with E-state index in [9.17, 15) is 0 Å². The van der Waals surface area contributed by atoms with Gasteiger partial charge in [-0.2, -0.15) is 0 Å². The van der Waals surface area contributed by atoms with Crippen LogP contribution in [0.2, 0.25) is 0 Å². The monoisotopic (exact) mass is 187 g/mol. The van der Waals surface area contributed by atoms with Crippen LogP contribution >= 0.6 is 0 Å². The third-order valence-corrected chi connectivity index (χ3v) is 2.25. The van der Waals surface area contributed by atoms with Gasteiger partial charge in [-0.25, -0.2) is 0 Å². The van der Waals surface area contributed by atoms with E-state index in [1.165, 1.54) is 0 Å². The molecule has 0 rings (SSSR count). The van der Waals surface area contributed by atoms with Gasteiger partial charge in [-0.05, 0) is 32.7 Å². The fraction of sp³-hybridized carbons (Fsp3) is 1.00. The van der Waals surface area contributed by atoms with Crippen LogP contribution in [-0.2, 0) is 4.74 Å². The van der Waals surface area contributed by atoms with Crippen LogP contribution in [0.25, 0.3) is 0 Å². The topological polar surface area (TPSA) is 21.3 Å². The zero-order valence-electron chi connectivity index (χ0n) is 9.98. The van der Waals surface area contributed by atoms with Crippen LogP contribution in [0.15, 0.2) is 0 Å². The number of ether oxygens (including phenoxy) is 1. The Morgan fingerprint density at radius 1 is 1.23 bits per heavy atom. The van der Waals surface area contributed by atoms with Crippen molar-refractivity contribution in [1.82, 2.24) is 5.32 Å². The van der Waals surface area contributed by atoms with Crippen molar-refractivity contribution in [3.05, 3.63) is 0 Å². The van der Waals surface area contributed by atoms with Crippen molar-refractivity contribution in [3.63, 3.8) is 0 Å². The molecular formula is C11H25NO. The van der Waals surface area contributed by atoms with E-state index in [1.807, 2.05) is 7.05 Å². The smallest absolute Gasteiger partial charge is 0.0518 e. The second kappa shape index (κ2) is 5.61. The summed E-state index contributed by atoms with van der Waals surface area (Å²) in [5, 5.41) is 3.34. The third kappa shape index (κ3) is 6.05. The summed E-state index contributed by atoms with van der Waals surface area (Å²) in [5.41, 5.74) is 0.315. The lowest BCUT2D eigenvalue weighted by Gasteiger charge is -2.30. The summed E-state index contributed by atoms with van der Waals surface area (Å²) < 4.78 is 5.53. The zero-order valence-corrected chi connectivity index (χ0v) is 9.98. The predicted molar refractivity (Wildman–Crippen MR) is 58.0 cm³/mol. The van der Waals surface area contributed by atoms with Gasteiger partial charge in [0.25, 0.3) is 0 Å². The van der Waals surface area contributed by atoms with Gasteiger partial charge in [-0.1, -0.05) is 20.8 Å². The fourth-order valence-corrected chi connectivity index (χ4v) is 1.43. The highest BCUT2D eigenvalue weighted by atomic mass is 16.5. The van der Waals surface area contributed by atoms with Crippen LogP contribution in [0.4, 0.5) is 0 Å². The molecule has 0 aromatic rings. The van der Waals surface area contributed by atoms with Crippen LogP contribution in [-0.4, -0.2) is 25.8 Å². The van der Waals surface area contributed by atoms with Gasteiger partial charge >= 0.3 is 0 Å². The van der Waals surface area contributed by atoms with Gasteiger partial charge in [-0.15, -0.1) is 0 Å². The standard InChI is InChI=1S/C11H25NO/c1-9(2)13-8-7-10(12-6)11(3,4)5/h9-10,12H,7-8H2,1-6H3. The maximum Gasteiger partial charge on any atom is 0.0518 e. The second-order valence-electron chi connectivity index (χ2n) is 4.92. The van der Waals surface area contributed by atoms with E-state index in [2.05, 4.69) is 39.9 Å². The van der Waals surface area contributed by atoms with Crippen molar-refractivity contribution in [2.24, 2.45) is 5.41 Å². The van der Waals surface area contributed by atoms with Gasteiger partial charge < -0.3 is 10.1 Å². The van der Waals surface area contributed by atoms with Crippen LogP contribution in [0, 0.1) is 5.41 Å². The van der Waals surface area contributed by atoms with Crippen LogP contribution < -0.4 is 5.32 Å². The Morgan fingerprint density at radius 2 is 1.77 bits per heavy atom. The fourth-order valence-electron chi connectivity index (χ4n) is 1.43. The van der Waals surface area contributed by atoms with Crippen molar-refractivity contribution >= 4 is 0 Å². The summed E-state index contributed by atoms with van der Waals surface area (Å²) in [6.45, 7) is 11.8. The molecule has 80 valence electrons.